The number of carbonyl (C=O) groups is 1. The molecule has 1 aromatic heterocycles. The Labute approximate surface area is 276 Å². The number of hydrogen-bond donors (Lipinski definition) is 0. The van der Waals surface area contributed by atoms with E-state index in [-0.39, 0.29) is 44.6 Å². The zero-order valence-electron chi connectivity index (χ0n) is 23.5. The van der Waals surface area contributed by atoms with Crippen molar-refractivity contribution in [2.24, 2.45) is 4.99 Å². The molecule has 5 rings (SSSR count). The molecule has 1 aliphatic rings. The number of fused-ring (bicyclic) bond motifs is 1. The van der Waals surface area contributed by atoms with Crippen LogP contribution in [0.2, 0.25) is 10.0 Å². The normalized spacial score (nSPS) is 15.0. The molecule has 4 aromatic rings. The van der Waals surface area contributed by atoms with Crippen LogP contribution in [-0.4, -0.2) is 30.4 Å². The van der Waals surface area contributed by atoms with E-state index in [2.05, 4.69) is 20.9 Å². The number of aromatic nitrogens is 1. The van der Waals surface area contributed by atoms with Crippen LogP contribution < -0.4 is 24.4 Å². The highest BCUT2D eigenvalue weighted by molar-refractivity contribution is 9.10. The van der Waals surface area contributed by atoms with Crippen molar-refractivity contribution in [1.29, 1.82) is 0 Å². The summed E-state index contributed by atoms with van der Waals surface area (Å²) in [5.41, 5.74) is -1.40. The minimum Gasteiger partial charge on any atom is -0.493 e. The summed E-state index contributed by atoms with van der Waals surface area (Å²) in [6.45, 7) is 1.49. The van der Waals surface area contributed by atoms with E-state index in [0.717, 1.165) is 25.9 Å². The number of thiazole rings is 1. The van der Waals surface area contributed by atoms with Gasteiger partial charge in [-0.05, 0) is 66.1 Å². The Morgan fingerprint density at radius 1 is 1.11 bits per heavy atom. The standard InChI is InChI=1S/C31H22BrCl2F3N2O5S/c1-3-43-29(41)24-25(18-6-10-20(33)11-7-18)39-28(40)23(45-30(39)38-27(24)31(35,36)37)14-17-12-21(34)26(22(13-17)42-2)44-15-16-4-8-19(32)9-5-16/h4-14,25H,3,15H2,1-2H3/b23-14-/t25-/m1/s1. The second-order valence-corrected chi connectivity index (χ2v) is 12.3. The first-order chi connectivity index (χ1) is 21.4. The summed E-state index contributed by atoms with van der Waals surface area (Å²) >= 11 is 16.7. The lowest BCUT2D eigenvalue weighted by molar-refractivity contribution is -0.140. The third kappa shape index (κ3) is 6.99. The van der Waals surface area contributed by atoms with E-state index in [9.17, 15) is 22.8 Å². The second-order valence-electron chi connectivity index (χ2n) is 9.56. The van der Waals surface area contributed by atoms with Gasteiger partial charge in [-0.25, -0.2) is 9.79 Å². The Morgan fingerprint density at radius 3 is 2.42 bits per heavy atom. The zero-order chi connectivity index (χ0) is 32.5. The summed E-state index contributed by atoms with van der Waals surface area (Å²) in [6, 6.07) is 15.0. The van der Waals surface area contributed by atoms with Gasteiger partial charge < -0.3 is 14.2 Å². The van der Waals surface area contributed by atoms with E-state index in [1.165, 1.54) is 44.4 Å². The predicted molar refractivity (Wildman–Crippen MR) is 169 cm³/mol. The number of halogens is 6. The van der Waals surface area contributed by atoms with Crippen molar-refractivity contribution in [2.45, 2.75) is 25.7 Å². The van der Waals surface area contributed by atoms with E-state index >= 15 is 0 Å². The molecule has 14 heteroatoms. The van der Waals surface area contributed by atoms with Crippen LogP contribution in [0.4, 0.5) is 13.2 Å². The fourth-order valence-electron chi connectivity index (χ4n) is 4.65. The van der Waals surface area contributed by atoms with E-state index in [4.69, 9.17) is 37.4 Å². The summed E-state index contributed by atoms with van der Waals surface area (Å²) in [5.74, 6) is -0.683. The molecule has 0 radical (unpaired) electrons. The Balaban J connectivity index is 1.63. The first-order valence-electron chi connectivity index (χ1n) is 13.2. The molecule has 0 saturated carbocycles. The smallest absolute Gasteiger partial charge is 0.434 e. The van der Waals surface area contributed by atoms with Crippen molar-refractivity contribution in [1.82, 2.24) is 4.57 Å². The van der Waals surface area contributed by atoms with Gasteiger partial charge in [-0.1, -0.05) is 74.7 Å². The van der Waals surface area contributed by atoms with Crippen LogP contribution in [0, 0.1) is 0 Å². The molecule has 2 heterocycles. The highest BCUT2D eigenvalue weighted by atomic mass is 79.9. The topological polar surface area (TPSA) is 79.1 Å². The molecular weight excluding hydrogens is 720 g/mol. The monoisotopic (exact) mass is 740 g/mol. The van der Waals surface area contributed by atoms with E-state index < -0.39 is 35.0 Å². The van der Waals surface area contributed by atoms with Crippen molar-refractivity contribution in [3.05, 3.63) is 123 Å². The number of rotatable bonds is 8. The predicted octanol–water partition coefficient (Wildman–Crippen LogP) is 7.00. The van der Waals surface area contributed by atoms with Crippen LogP contribution in [0.1, 0.15) is 29.7 Å². The fraction of sp³-hybridized carbons (Fsp3) is 0.194. The van der Waals surface area contributed by atoms with Crippen molar-refractivity contribution in [3.63, 3.8) is 0 Å². The lowest BCUT2D eigenvalue weighted by Crippen LogP contribution is -2.41. The number of alkyl halides is 3. The van der Waals surface area contributed by atoms with Gasteiger partial charge in [-0.15, -0.1) is 0 Å². The average Bonchev–Trinajstić information content (AvgIpc) is 3.30. The molecule has 0 fully saturated rings. The van der Waals surface area contributed by atoms with Crippen LogP contribution in [-0.2, 0) is 16.1 Å². The molecule has 0 unspecified atom stereocenters. The minimum atomic E-state index is -5.02. The van der Waals surface area contributed by atoms with Gasteiger partial charge in [-0.3, -0.25) is 9.36 Å². The third-order valence-corrected chi connectivity index (χ3v) is 8.67. The molecule has 1 aliphatic heterocycles. The van der Waals surface area contributed by atoms with Gasteiger partial charge >= 0.3 is 12.1 Å². The number of allylic oxidation sites excluding steroid dienone is 1. The quantitative estimate of drug-likeness (QED) is 0.182. The maximum atomic E-state index is 14.3. The molecule has 0 amide bonds. The Bertz CT molecular complexity index is 1970. The molecule has 0 saturated heterocycles. The number of nitrogens with zero attached hydrogens (tertiary/aromatic N) is 2. The number of benzene rings is 3. The molecule has 7 nitrogen and oxygen atoms in total. The Hall–Kier alpha value is -3.58. The first kappa shape index (κ1) is 32.8. The average molecular weight is 742 g/mol. The van der Waals surface area contributed by atoms with Crippen molar-refractivity contribution >= 4 is 62.5 Å². The van der Waals surface area contributed by atoms with E-state index in [1.54, 1.807) is 12.1 Å². The largest absolute Gasteiger partial charge is 0.493 e. The molecule has 3 aromatic carbocycles. The minimum absolute atomic E-state index is 0.0426. The number of ether oxygens (including phenoxy) is 3. The van der Waals surface area contributed by atoms with Crippen LogP contribution >= 0.6 is 50.5 Å². The van der Waals surface area contributed by atoms with Crippen LogP contribution in [0.15, 0.2) is 86.2 Å². The molecule has 0 N–H and O–H groups in total. The second kappa shape index (κ2) is 13.4. The number of esters is 1. The molecule has 1 atom stereocenters. The molecule has 45 heavy (non-hydrogen) atoms. The van der Waals surface area contributed by atoms with E-state index in [1.807, 2.05) is 24.3 Å². The number of methoxy groups -OCH3 is 1. The van der Waals surface area contributed by atoms with Gasteiger partial charge in [0.2, 0.25) is 0 Å². The van der Waals surface area contributed by atoms with Gasteiger partial charge in [-0.2, -0.15) is 13.2 Å². The van der Waals surface area contributed by atoms with E-state index in [0.29, 0.717) is 10.6 Å². The summed E-state index contributed by atoms with van der Waals surface area (Å²) in [7, 11) is 1.43. The molecule has 0 bridgehead atoms. The van der Waals surface area contributed by atoms with Crippen molar-refractivity contribution < 1.29 is 32.2 Å². The lowest BCUT2D eigenvalue weighted by Gasteiger charge is -2.26. The zero-order valence-corrected chi connectivity index (χ0v) is 27.4. The molecular formula is C31H22BrCl2F3N2O5S. The SMILES string of the molecule is CCOC(=O)C1=C(C(F)(F)F)N=c2s/c(=C\c3cc(Cl)c(OCc4ccc(Br)cc4)c(OC)c3)c(=O)n2[C@@H]1c1ccc(Cl)cc1. The number of hydrogen-bond acceptors (Lipinski definition) is 7. The van der Waals surface area contributed by atoms with Gasteiger partial charge in [0.25, 0.3) is 5.56 Å². The van der Waals surface area contributed by atoms with Crippen LogP contribution in [0.25, 0.3) is 6.08 Å². The first-order valence-corrected chi connectivity index (χ1v) is 15.6. The van der Waals surface area contributed by atoms with Gasteiger partial charge in [0.1, 0.15) is 6.61 Å². The maximum Gasteiger partial charge on any atom is 0.434 e. The Kier molecular flexibility index (Phi) is 9.78. The molecule has 234 valence electrons. The van der Waals surface area contributed by atoms with Crippen molar-refractivity contribution in [3.8, 4) is 11.5 Å². The summed E-state index contributed by atoms with van der Waals surface area (Å²) in [5, 5.41) is 0.507. The van der Waals surface area contributed by atoms with Crippen LogP contribution in [0.5, 0.6) is 11.5 Å². The molecule has 0 aliphatic carbocycles. The lowest BCUT2D eigenvalue weighted by atomic mass is 9.95. The summed E-state index contributed by atoms with van der Waals surface area (Å²) in [6.07, 6.45) is -3.56. The van der Waals surface area contributed by atoms with Gasteiger partial charge in [0.15, 0.2) is 22.0 Å². The molecule has 0 spiro atoms. The summed E-state index contributed by atoms with van der Waals surface area (Å²) in [4.78, 5) is 30.3. The van der Waals surface area contributed by atoms with Crippen LogP contribution in [0.3, 0.4) is 0 Å². The third-order valence-electron chi connectivity index (χ3n) is 6.63. The van der Waals surface area contributed by atoms with Crippen molar-refractivity contribution in [2.75, 3.05) is 13.7 Å². The number of carbonyl (C=O) groups excluding carboxylic acids is 1. The highest BCUT2D eigenvalue weighted by Crippen LogP contribution is 2.39. The fourth-order valence-corrected chi connectivity index (χ4v) is 6.32. The maximum absolute atomic E-state index is 14.3. The van der Waals surface area contributed by atoms with Gasteiger partial charge in [0.05, 0.1) is 34.9 Å². The highest BCUT2D eigenvalue weighted by Gasteiger charge is 2.45. The Morgan fingerprint density at radius 2 is 1.80 bits per heavy atom. The summed E-state index contributed by atoms with van der Waals surface area (Å²) < 4.78 is 61.4. The van der Waals surface area contributed by atoms with Gasteiger partial charge in [0, 0.05) is 9.50 Å².